The molecule has 0 spiro atoms. The van der Waals surface area contributed by atoms with Crippen LogP contribution < -0.4 is 4.72 Å². The number of hydrogen-bond acceptors (Lipinski definition) is 4. The number of halogens is 3. The number of methoxy groups -OCH3 is 1. The molecule has 0 amide bonds. The quantitative estimate of drug-likeness (QED) is 0.796. The zero-order chi connectivity index (χ0) is 19.6. The first kappa shape index (κ1) is 21.4. The summed E-state index contributed by atoms with van der Waals surface area (Å²) in [6.45, 7) is 5.95. The molecule has 0 fully saturated rings. The molecule has 0 saturated carbocycles. The number of aryl methyl sites for hydroxylation is 1. The van der Waals surface area contributed by atoms with E-state index in [1.54, 1.807) is 11.6 Å². The Hall–Kier alpha value is -1.61. The molecular weight excluding hydrogens is 359 g/mol. The van der Waals surface area contributed by atoms with Crippen molar-refractivity contribution in [2.45, 2.75) is 44.8 Å². The largest absolute Gasteiger partial charge is 0.469 e. The van der Waals surface area contributed by atoms with E-state index < -0.39 is 39.5 Å². The molecular formula is C16H22F3NO4S. The van der Waals surface area contributed by atoms with E-state index in [0.717, 1.165) is 12.7 Å². The molecule has 0 saturated heterocycles. The van der Waals surface area contributed by atoms with Crippen LogP contribution in [0.25, 0.3) is 0 Å². The lowest BCUT2D eigenvalue weighted by molar-refractivity contribution is -0.186. The summed E-state index contributed by atoms with van der Waals surface area (Å²) < 4.78 is 71.6. The molecule has 0 aliphatic rings. The molecule has 25 heavy (non-hydrogen) atoms. The van der Waals surface area contributed by atoms with Crippen molar-refractivity contribution in [2.24, 2.45) is 11.3 Å². The SMILES string of the molecule is COC(=O)[C@H]([C@@H](NS(=O)(=O)c1ccc(C)cc1)C(F)(F)F)C(C)(C)C. The fraction of sp³-hybridized carbons (Fsp3) is 0.562. The number of hydrogen-bond donors (Lipinski definition) is 1. The summed E-state index contributed by atoms with van der Waals surface area (Å²) in [5.41, 5.74) is -0.434. The molecule has 0 bridgehead atoms. The van der Waals surface area contributed by atoms with Gasteiger partial charge in [-0.3, -0.25) is 4.79 Å². The standard InChI is InChI=1S/C16H22F3NO4S/c1-10-6-8-11(9-7-10)25(22,23)20-13(16(17,18)19)12(14(21)24-5)15(2,3)4/h6-9,12-13,20H,1-5H3/t12-,13+/m0/s1. The minimum Gasteiger partial charge on any atom is -0.469 e. The summed E-state index contributed by atoms with van der Waals surface area (Å²) in [6, 6.07) is 2.73. The number of carbonyl (C=O) groups excluding carboxylic acids is 1. The first-order chi connectivity index (χ1) is 11.2. The second kappa shape index (κ2) is 7.33. The molecule has 1 aromatic rings. The number of ether oxygens (including phenoxy) is 1. The van der Waals surface area contributed by atoms with Crippen LogP contribution in [0.3, 0.4) is 0 Å². The van der Waals surface area contributed by atoms with E-state index in [9.17, 15) is 26.4 Å². The van der Waals surface area contributed by atoms with Gasteiger partial charge in [0.2, 0.25) is 10.0 Å². The topological polar surface area (TPSA) is 72.5 Å². The maximum Gasteiger partial charge on any atom is 0.405 e. The molecule has 142 valence electrons. The van der Waals surface area contributed by atoms with Crippen molar-refractivity contribution in [1.29, 1.82) is 0 Å². The molecule has 0 aromatic heterocycles. The van der Waals surface area contributed by atoms with Gasteiger partial charge in [-0.25, -0.2) is 8.42 Å². The average Bonchev–Trinajstić information content (AvgIpc) is 2.44. The van der Waals surface area contributed by atoms with Gasteiger partial charge in [0.25, 0.3) is 0 Å². The van der Waals surface area contributed by atoms with Gasteiger partial charge in [-0.2, -0.15) is 17.9 Å². The maximum absolute atomic E-state index is 13.6. The normalized spacial score (nSPS) is 15.5. The minimum absolute atomic E-state index is 0.315. The Morgan fingerprint density at radius 3 is 1.96 bits per heavy atom. The van der Waals surface area contributed by atoms with Crippen LogP contribution in [0.2, 0.25) is 0 Å². The molecule has 1 rings (SSSR count). The zero-order valence-corrected chi connectivity index (χ0v) is 15.5. The van der Waals surface area contributed by atoms with E-state index in [1.165, 1.54) is 45.0 Å². The van der Waals surface area contributed by atoms with Crippen LogP contribution in [-0.4, -0.2) is 33.7 Å². The summed E-state index contributed by atoms with van der Waals surface area (Å²) in [7, 11) is -3.52. The van der Waals surface area contributed by atoms with Crippen LogP contribution in [0, 0.1) is 18.3 Å². The number of nitrogens with one attached hydrogen (secondary N) is 1. The summed E-state index contributed by atoms with van der Waals surface area (Å²) in [5.74, 6) is -2.89. The Balaban J connectivity index is 3.36. The Morgan fingerprint density at radius 1 is 1.12 bits per heavy atom. The second-order valence-corrected chi connectivity index (χ2v) is 8.53. The monoisotopic (exact) mass is 381 g/mol. The van der Waals surface area contributed by atoms with Gasteiger partial charge in [0.1, 0.15) is 6.04 Å². The van der Waals surface area contributed by atoms with Gasteiger partial charge in [-0.15, -0.1) is 0 Å². The summed E-state index contributed by atoms with van der Waals surface area (Å²) >= 11 is 0. The number of rotatable bonds is 5. The Kier molecular flexibility index (Phi) is 6.28. The van der Waals surface area contributed by atoms with E-state index in [2.05, 4.69) is 4.74 Å². The number of alkyl halides is 3. The zero-order valence-electron chi connectivity index (χ0n) is 14.6. The van der Waals surface area contributed by atoms with Crippen LogP contribution in [0.15, 0.2) is 29.2 Å². The molecule has 0 heterocycles. The third-order valence-corrected chi connectivity index (χ3v) is 5.14. The van der Waals surface area contributed by atoms with E-state index >= 15 is 0 Å². The number of sulfonamides is 1. The summed E-state index contributed by atoms with van der Waals surface area (Å²) in [5, 5.41) is 0. The third-order valence-electron chi connectivity index (χ3n) is 3.69. The second-order valence-electron chi connectivity index (χ2n) is 6.82. The number of benzene rings is 1. The van der Waals surface area contributed by atoms with E-state index in [0.29, 0.717) is 0 Å². The molecule has 1 N–H and O–H groups in total. The Labute approximate surface area is 145 Å². The van der Waals surface area contributed by atoms with Crippen molar-refractivity contribution in [3.8, 4) is 0 Å². The highest BCUT2D eigenvalue weighted by Gasteiger charge is 2.54. The molecule has 9 heteroatoms. The average molecular weight is 381 g/mol. The lowest BCUT2D eigenvalue weighted by Gasteiger charge is -2.36. The van der Waals surface area contributed by atoms with E-state index in [-0.39, 0.29) is 4.90 Å². The number of esters is 1. The first-order valence-electron chi connectivity index (χ1n) is 7.43. The molecule has 0 aliphatic heterocycles. The van der Waals surface area contributed by atoms with Gasteiger partial charge in [0.05, 0.1) is 17.9 Å². The Bertz CT molecular complexity index is 706. The van der Waals surface area contributed by atoms with Crippen LogP contribution in [0.4, 0.5) is 13.2 Å². The fourth-order valence-electron chi connectivity index (χ4n) is 2.39. The van der Waals surface area contributed by atoms with Crippen molar-refractivity contribution < 1.29 is 31.1 Å². The van der Waals surface area contributed by atoms with Crippen LogP contribution in [0.5, 0.6) is 0 Å². The van der Waals surface area contributed by atoms with Crippen molar-refractivity contribution in [3.63, 3.8) is 0 Å². The lowest BCUT2D eigenvalue weighted by Crippen LogP contribution is -2.56. The Morgan fingerprint density at radius 2 is 1.60 bits per heavy atom. The molecule has 0 unspecified atom stereocenters. The van der Waals surface area contributed by atoms with Gasteiger partial charge in [0, 0.05) is 0 Å². The number of carbonyl (C=O) groups is 1. The molecule has 5 nitrogen and oxygen atoms in total. The van der Waals surface area contributed by atoms with Gasteiger partial charge in [-0.05, 0) is 24.5 Å². The summed E-state index contributed by atoms with van der Waals surface area (Å²) in [4.78, 5) is 11.6. The van der Waals surface area contributed by atoms with Crippen LogP contribution >= 0.6 is 0 Å². The first-order valence-corrected chi connectivity index (χ1v) is 8.92. The highest BCUT2D eigenvalue weighted by molar-refractivity contribution is 7.89. The third kappa shape index (κ3) is 5.43. The van der Waals surface area contributed by atoms with Crippen molar-refractivity contribution in [1.82, 2.24) is 4.72 Å². The predicted molar refractivity (Wildman–Crippen MR) is 86.3 cm³/mol. The van der Waals surface area contributed by atoms with Gasteiger partial charge >= 0.3 is 12.1 Å². The van der Waals surface area contributed by atoms with Gasteiger partial charge in [0.15, 0.2) is 0 Å². The maximum atomic E-state index is 13.6. The highest BCUT2D eigenvalue weighted by atomic mass is 32.2. The van der Waals surface area contributed by atoms with Crippen molar-refractivity contribution in [3.05, 3.63) is 29.8 Å². The molecule has 2 atom stereocenters. The van der Waals surface area contributed by atoms with Gasteiger partial charge < -0.3 is 4.74 Å². The smallest absolute Gasteiger partial charge is 0.405 e. The minimum atomic E-state index is -4.98. The molecule has 1 aromatic carbocycles. The van der Waals surface area contributed by atoms with Crippen LogP contribution in [-0.2, 0) is 19.6 Å². The molecule has 0 aliphatic carbocycles. The van der Waals surface area contributed by atoms with E-state index in [4.69, 9.17) is 0 Å². The highest BCUT2D eigenvalue weighted by Crippen LogP contribution is 2.38. The molecule has 0 radical (unpaired) electrons. The van der Waals surface area contributed by atoms with Crippen molar-refractivity contribution in [2.75, 3.05) is 7.11 Å². The fourth-order valence-corrected chi connectivity index (χ4v) is 3.63. The van der Waals surface area contributed by atoms with Crippen LogP contribution in [0.1, 0.15) is 26.3 Å². The van der Waals surface area contributed by atoms with Gasteiger partial charge in [-0.1, -0.05) is 38.5 Å². The lowest BCUT2D eigenvalue weighted by atomic mass is 9.76. The van der Waals surface area contributed by atoms with Crippen molar-refractivity contribution >= 4 is 16.0 Å². The predicted octanol–water partition coefficient (Wildman–Crippen LogP) is 3.04. The van der Waals surface area contributed by atoms with E-state index in [1.807, 2.05) is 0 Å². The summed E-state index contributed by atoms with van der Waals surface area (Å²) in [6.07, 6.45) is -4.98.